The Morgan fingerprint density at radius 1 is 1.11 bits per heavy atom. The van der Waals surface area contributed by atoms with Gasteiger partial charge in [-0.25, -0.2) is 19.9 Å². The average molecular weight is 239 g/mol. The molecule has 18 heavy (non-hydrogen) atoms. The van der Waals surface area contributed by atoms with Gasteiger partial charge in [0.05, 0.1) is 6.33 Å². The average Bonchev–Trinajstić information content (AvgIpc) is 2.87. The third-order valence-electron chi connectivity index (χ3n) is 2.43. The number of nitrogens with one attached hydrogen (secondary N) is 1. The Bertz CT molecular complexity index is 702. The molecule has 0 spiro atoms. The molecule has 3 rings (SSSR count). The predicted molar refractivity (Wildman–Crippen MR) is 67.0 cm³/mol. The molecule has 3 aromatic rings. The Morgan fingerprint density at radius 2 is 1.94 bits per heavy atom. The number of phenolic OH excluding ortho intramolecular Hbond substituents is 1. The molecule has 0 aliphatic heterocycles. The van der Waals surface area contributed by atoms with Gasteiger partial charge in [0.25, 0.3) is 0 Å². The number of rotatable bonds is 2. The summed E-state index contributed by atoms with van der Waals surface area (Å²) >= 11 is 0. The largest absolute Gasteiger partial charge is 0.508 e. The lowest BCUT2D eigenvalue weighted by Crippen LogP contribution is -1.84. The molecule has 6 nitrogen and oxygen atoms in total. The van der Waals surface area contributed by atoms with E-state index < -0.39 is 0 Å². The maximum atomic E-state index is 9.18. The molecule has 1 aromatic carbocycles. The van der Waals surface area contributed by atoms with E-state index in [9.17, 15) is 5.11 Å². The smallest absolute Gasteiger partial charge is 0.182 e. The van der Waals surface area contributed by atoms with Crippen molar-refractivity contribution in [1.82, 2.24) is 19.9 Å². The van der Waals surface area contributed by atoms with Gasteiger partial charge < -0.3 is 10.1 Å². The molecule has 2 N–H and O–H groups in total. The minimum Gasteiger partial charge on any atom is -0.508 e. The first-order valence-electron chi connectivity index (χ1n) is 5.30. The van der Waals surface area contributed by atoms with Gasteiger partial charge in [-0.15, -0.1) is 0 Å². The minimum atomic E-state index is 0.227. The number of nitrogens with zero attached hydrogens (tertiary/aromatic N) is 4. The number of phenols is 1. The molecule has 0 atom stereocenters. The lowest BCUT2D eigenvalue weighted by Gasteiger charge is -1.95. The van der Waals surface area contributed by atoms with Crippen molar-refractivity contribution in [1.29, 1.82) is 0 Å². The van der Waals surface area contributed by atoms with E-state index in [1.165, 1.54) is 6.33 Å². The van der Waals surface area contributed by atoms with Gasteiger partial charge in [-0.1, -0.05) is 0 Å². The number of benzene rings is 1. The monoisotopic (exact) mass is 239 g/mol. The highest BCUT2D eigenvalue weighted by Gasteiger charge is 2.03. The number of hydrogen-bond donors (Lipinski definition) is 2. The van der Waals surface area contributed by atoms with Crippen LogP contribution in [0, 0.1) is 0 Å². The van der Waals surface area contributed by atoms with Gasteiger partial charge in [0, 0.05) is 6.21 Å². The number of imidazole rings is 1. The summed E-state index contributed by atoms with van der Waals surface area (Å²) in [5.74, 6) is 0.760. The zero-order valence-corrected chi connectivity index (χ0v) is 9.28. The highest BCUT2D eigenvalue weighted by atomic mass is 16.3. The summed E-state index contributed by atoms with van der Waals surface area (Å²) in [5.41, 5.74) is 2.16. The lowest BCUT2D eigenvalue weighted by atomic mass is 10.2. The van der Waals surface area contributed by atoms with Gasteiger partial charge in [0.15, 0.2) is 11.5 Å². The van der Waals surface area contributed by atoms with Gasteiger partial charge >= 0.3 is 0 Å². The van der Waals surface area contributed by atoms with Crippen molar-refractivity contribution in [3.8, 4) is 5.75 Å². The summed E-state index contributed by atoms with van der Waals surface area (Å²) in [7, 11) is 0. The fraction of sp³-hybridized carbons (Fsp3) is 0. The van der Waals surface area contributed by atoms with Crippen LogP contribution in [0.4, 0.5) is 5.82 Å². The van der Waals surface area contributed by atoms with E-state index in [4.69, 9.17) is 0 Å². The summed E-state index contributed by atoms with van der Waals surface area (Å²) in [6.45, 7) is 0. The second-order valence-corrected chi connectivity index (χ2v) is 3.65. The van der Waals surface area contributed by atoms with Crippen molar-refractivity contribution in [3.63, 3.8) is 0 Å². The maximum absolute atomic E-state index is 9.18. The molecular weight excluding hydrogens is 230 g/mol. The Balaban J connectivity index is 1.96. The SMILES string of the molecule is Oc1ccc(C=Nc2ncnc3nc[nH]c23)cc1. The van der Waals surface area contributed by atoms with Gasteiger partial charge in [-0.2, -0.15) is 0 Å². The van der Waals surface area contributed by atoms with E-state index in [1.54, 1.807) is 36.8 Å². The third kappa shape index (κ3) is 1.91. The predicted octanol–water partition coefficient (Wildman–Crippen LogP) is 1.81. The molecule has 2 aromatic heterocycles. The normalized spacial score (nSPS) is 11.3. The standard InChI is InChI=1S/C12H9N5O/c18-9-3-1-8(2-4-9)5-13-11-10-12(15-6-14-10)17-7-16-11/h1-7,18H,(H,14,15,16,17). The second-order valence-electron chi connectivity index (χ2n) is 3.65. The quantitative estimate of drug-likeness (QED) is 0.667. The van der Waals surface area contributed by atoms with Gasteiger partial charge in [0.2, 0.25) is 0 Å². The van der Waals surface area contributed by atoms with Crippen molar-refractivity contribution < 1.29 is 5.11 Å². The van der Waals surface area contributed by atoms with Crippen LogP contribution in [0.15, 0.2) is 41.9 Å². The van der Waals surface area contributed by atoms with Crippen LogP contribution in [0.1, 0.15) is 5.56 Å². The Morgan fingerprint density at radius 3 is 2.78 bits per heavy atom. The van der Waals surface area contributed by atoms with Crippen LogP contribution >= 0.6 is 0 Å². The fourth-order valence-electron chi connectivity index (χ4n) is 1.55. The van der Waals surface area contributed by atoms with Gasteiger partial charge in [-0.3, -0.25) is 0 Å². The zero-order chi connectivity index (χ0) is 12.4. The number of H-pyrrole nitrogens is 1. The summed E-state index contributed by atoms with van der Waals surface area (Å²) in [6, 6.07) is 6.74. The topological polar surface area (TPSA) is 87.1 Å². The van der Waals surface area contributed by atoms with Gasteiger partial charge in [-0.05, 0) is 29.8 Å². The number of aromatic nitrogens is 4. The lowest BCUT2D eigenvalue weighted by molar-refractivity contribution is 0.475. The van der Waals surface area contributed by atoms with Gasteiger partial charge in [0.1, 0.15) is 17.6 Å². The summed E-state index contributed by atoms with van der Waals surface area (Å²) < 4.78 is 0. The van der Waals surface area contributed by atoms with Crippen LogP contribution in [-0.2, 0) is 0 Å². The van der Waals surface area contributed by atoms with Crippen molar-refractivity contribution in [2.24, 2.45) is 4.99 Å². The Hall–Kier alpha value is -2.76. The first kappa shape index (κ1) is 10.4. The molecule has 0 unspecified atom stereocenters. The molecule has 0 saturated carbocycles. The molecule has 6 heteroatoms. The van der Waals surface area contributed by atoms with E-state index in [-0.39, 0.29) is 5.75 Å². The van der Waals surface area contributed by atoms with E-state index >= 15 is 0 Å². The summed E-state index contributed by atoms with van der Waals surface area (Å²) in [6.07, 6.45) is 4.65. The van der Waals surface area contributed by atoms with E-state index in [1.807, 2.05) is 0 Å². The second kappa shape index (κ2) is 4.25. The summed E-state index contributed by atoms with van der Waals surface area (Å²) in [4.78, 5) is 19.3. The van der Waals surface area contributed by atoms with E-state index in [0.29, 0.717) is 17.0 Å². The van der Waals surface area contributed by atoms with Crippen LogP contribution in [0.5, 0.6) is 5.75 Å². The molecular formula is C12H9N5O. The Kier molecular flexibility index (Phi) is 2.45. The maximum Gasteiger partial charge on any atom is 0.182 e. The number of aromatic hydroxyl groups is 1. The van der Waals surface area contributed by atoms with Crippen molar-refractivity contribution in [3.05, 3.63) is 42.5 Å². The Labute approximate surface area is 102 Å². The van der Waals surface area contributed by atoms with E-state index in [0.717, 1.165) is 5.56 Å². The summed E-state index contributed by atoms with van der Waals surface area (Å²) in [5, 5.41) is 9.18. The van der Waals surface area contributed by atoms with Crippen molar-refractivity contribution >= 4 is 23.2 Å². The van der Waals surface area contributed by atoms with Crippen molar-refractivity contribution in [2.45, 2.75) is 0 Å². The molecule has 2 heterocycles. The third-order valence-corrected chi connectivity index (χ3v) is 2.43. The first-order valence-corrected chi connectivity index (χ1v) is 5.30. The van der Waals surface area contributed by atoms with Crippen LogP contribution in [0.3, 0.4) is 0 Å². The van der Waals surface area contributed by atoms with Crippen LogP contribution in [0.2, 0.25) is 0 Å². The molecule has 0 saturated heterocycles. The molecule has 0 aliphatic carbocycles. The molecule has 88 valence electrons. The van der Waals surface area contributed by atoms with Crippen molar-refractivity contribution in [2.75, 3.05) is 0 Å². The number of hydrogen-bond acceptors (Lipinski definition) is 5. The van der Waals surface area contributed by atoms with Crippen LogP contribution in [0.25, 0.3) is 11.2 Å². The zero-order valence-electron chi connectivity index (χ0n) is 9.28. The molecule has 0 radical (unpaired) electrons. The highest BCUT2D eigenvalue weighted by Crippen LogP contribution is 2.17. The van der Waals surface area contributed by atoms with Crippen LogP contribution in [-0.4, -0.2) is 31.3 Å². The molecule has 0 aliphatic rings. The first-order chi connectivity index (χ1) is 8.83. The molecule has 0 fully saturated rings. The number of fused-ring (bicyclic) bond motifs is 1. The fourth-order valence-corrected chi connectivity index (χ4v) is 1.55. The van der Waals surface area contributed by atoms with E-state index in [2.05, 4.69) is 24.9 Å². The minimum absolute atomic E-state index is 0.227. The number of aliphatic imine (C=N–C) groups is 1. The highest BCUT2D eigenvalue weighted by molar-refractivity contribution is 5.87. The molecule has 0 amide bonds. The molecule has 0 bridgehead atoms. The van der Waals surface area contributed by atoms with Crippen LogP contribution < -0.4 is 0 Å². The number of aromatic amines is 1.